The van der Waals surface area contributed by atoms with Crippen molar-refractivity contribution in [2.75, 3.05) is 37.8 Å². The largest absolute Gasteiger partial charge is 0.385 e. The third kappa shape index (κ3) is 7.31. The summed E-state index contributed by atoms with van der Waals surface area (Å²) in [6, 6.07) is 16.6. The Bertz CT molecular complexity index is 956. The van der Waals surface area contributed by atoms with Crippen LogP contribution in [0.25, 0.3) is 0 Å². The lowest BCUT2D eigenvalue weighted by molar-refractivity contribution is 0.183. The molecule has 0 spiro atoms. The van der Waals surface area contributed by atoms with Gasteiger partial charge in [-0.1, -0.05) is 43.5 Å². The first-order valence-electron chi connectivity index (χ1n) is 12.8. The number of anilines is 1. The molecule has 1 saturated heterocycles. The molecule has 180 valence electrons. The van der Waals surface area contributed by atoms with Crippen molar-refractivity contribution in [3.05, 3.63) is 59.7 Å². The summed E-state index contributed by atoms with van der Waals surface area (Å²) < 4.78 is 23.2. The van der Waals surface area contributed by atoms with Crippen molar-refractivity contribution in [2.45, 2.75) is 68.6 Å². The fraction of sp³-hybridized carbons (Fsp3) is 0.571. The highest BCUT2D eigenvalue weighted by Gasteiger charge is 2.19. The Labute approximate surface area is 200 Å². The molecule has 0 radical (unpaired) electrons. The molecule has 1 N–H and O–H groups in total. The number of nitrogens with zero attached hydrogens (tertiary/aromatic N) is 1. The van der Waals surface area contributed by atoms with Gasteiger partial charge in [-0.3, -0.25) is 0 Å². The zero-order valence-electron chi connectivity index (χ0n) is 20.1. The van der Waals surface area contributed by atoms with Gasteiger partial charge in [0.1, 0.15) is 0 Å². The predicted octanol–water partition coefficient (Wildman–Crippen LogP) is 5.89. The third-order valence-electron chi connectivity index (χ3n) is 7.55. The van der Waals surface area contributed by atoms with Crippen molar-refractivity contribution in [3.63, 3.8) is 0 Å². The number of benzene rings is 2. The Kier molecular flexibility index (Phi) is 8.48. The van der Waals surface area contributed by atoms with E-state index in [9.17, 15) is 8.42 Å². The maximum Gasteiger partial charge on any atom is 0.175 e. The highest BCUT2D eigenvalue weighted by molar-refractivity contribution is 7.90. The molecule has 0 amide bonds. The van der Waals surface area contributed by atoms with E-state index in [4.69, 9.17) is 0 Å². The summed E-state index contributed by atoms with van der Waals surface area (Å²) in [5.74, 6) is 1.48. The van der Waals surface area contributed by atoms with E-state index in [1.54, 1.807) is 12.1 Å². The number of nitrogens with one attached hydrogen (secondary N) is 1. The fourth-order valence-corrected chi connectivity index (χ4v) is 6.10. The van der Waals surface area contributed by atoms with E-state index in [2.05, 4.69) is 34.5 Å². The molecule has 1 heterocycles. The van der Waals surface area contributed by atoms with E-state index in [0.717, 1.165) is 25.4 Å². The molecular weight excluding hydrogens is 428 g/mol. The average molecular weight is 469 g/mol. The average Bonchev–Trinajstić information content (AvgIpc) is 2.84. The summed E-state index contributed by atoms with van der Waals surface area (Å²) in [5.41, 5.74) is 4.02. The van der Waals surface area contributed by atoms with Crippen LogP contribution in [0.3, 0.4) is 0 Å². The lowest BCUT2D eigenvalue weighted by Gasteiger charge is -2.32. The molecule has 0 atom stereocenters. The van der Waals surface area contributed by atoms with Gasteiger partial charge in [0.25, 0.3) is 0 Å². The summed E-state index contributed by atoms with van der Waals surface area (Å²) in [4.78, 5) is 3.01. The quantitative estimate of drug-likeness (QED) is 0.466. The number of piperidine rings is 1. The van der Waals surface area contributed by atoms with Gasteiger partial charge in [-0.25, -0.2) is 8.42 Å². The molecule has 5 heteroatoms. The Morgan fingerprint density at radius 2 is 1.55 bits per heavy atom. The topological polar surface area (TPSA) is 49.4 Å². The Hall–Kier alpha value is -1.85. The van der Waals surface area contributed by atoms with E-state index in [-0.39, 0.29) is 0 Å². The molecule has 2 aliphatic rings. The molecule has 0 aromatic heterocycles. The first-order valence-corrected chi connectivity index (χ1v) is 14.7. The number of hydrogen-bond donors (Lipinski definition) is 1. The van der Waals surface area contributed by atoms with Crippen LogP contribution in [-0.2, 0) is 16.3 Å². The smallest absolute Gasteiger partial charge is 0.175 e. The fourth-order valence-electron chi connectivity index (χ4n) is 5.46. The van der Waals surface area contributed by atoms with Crippen molar-refractivity contribution in [1.29, 1.82) is 0 Å². The van der Waals surface area contributed by atoms with Crippen molar-refractivity contribution < 1.29 is 8.42 Å². The molecule has 4 nitrogen and oxygen atoms in total. The van der Waals surface area contributed by atoms with Gasteiger partial charge in [0.15, 0.2) is 9.84 Å². The predicted molar refractivity (Wildman–Crippen MR) is 138 cm³/mol. The molecule has 0 bridgehead atoms. The standard InChI is InChI=1S/C28H40N2O2S/c1-33(31,32)28-14-8-23(9-15-28)22-24-16-20-30(21-17-24)19-5-18-29-27-12-10-26(11-13-27)25-6-3-2-4-7-25/h8-15,24-25,29H,2-7,16-22H2,1H3. The van der Waals surface area contributed by atoms with Crippen LogP contribution in [0.1, 0.15) is 68.4 Å². The molecule has 1 aliphatic heterocycles. The van der Waals surface area contributed by atoms with Gasteiger partial charge >= 0.3 is 0 Å². The summed E-state index contributed by atoms with van der Waals surface area (Å²) >= 11 is 0. The first-order chi connectivity index (χ1) is 16.0. The van der Waals surface area contributed by atoms with Crippen molar-refractivity contribution >= 4 is 15.5 Å². The minimum atomic E-state index is -3.11. The molecule has 4 rings (SSSR count). The number of rotatable bonds is 9. The maximum atomic E-state index is 11.6. The van der Waals surface area contributed by atoms with Gasteiger partial charge in [-0.2, -0.15) is 0 Å². The van der Waals surface area contributed by atoms with Crippen LogP contribution in [0.4, 0.5) is 5.69 Å². The zero-order chi connectivity index (χ0) is 23.1. The Morgan fingerprint density at radius 3 is 2.18 bits per heavy atom. The maximum absolute atomic E-state index is 11.6. The molecule has 2 aromatic carbocycles. The lowest BCUT2D eigenvalue weighted by atomic mass is 9.84. The third-order valence-corrected chi connectivity index (χ3v) is 8.68. The minimum absolute atomic E-state index is 0.412. The normalized spacial score (nSPS) is 18.9. The van der Waals surface area contributed by atoms with Crippen molar-refractivity contribution in [3.8, 4) is 0 Å². The summed E-state index contributed by atoms with van der Waals surface area (Å²) in [5, 5.41) is 3.60. The van der Waals surface area contributed by atoms with Crippen LogP contribution in [0.2, 0.25) is 0 Å². The minimum Gasteiger partial charge on any atom is -0.385 e. The van der Waals surface area contributed by atoms with Crippen molar-refractivity contribution in [1.82, 2.24) is 4.90 Å². The SMILES string of the molecule is CS(=O)(=O)c1ccc(CC2CCN(CCCNc3ccc(C4CCCCC4)cc3)CC2)cc1. The van der Waals surface area contributed by atoms with E-state index in [1.807, 2.05) is 12.1 Å². The van der Waals surface area contributed by atoms with Crippen molar-refractivity contribution in [2.24, 2.45) is 5.92 Å². The number of sulfone groups is 1. The van der Waals surface area contributed by atoms with Gasteiger partial charge in [0.2, 0.25) is 0 Å². The Morgan fingerprint density at radius 1 is 0.879 bits per heavy atom. The lowest BCUT2D eigenvalue weighted by Crippen LogP contribution is -2.35. The van der Waals surface area contributed by atoms with Gasteiger partial charge in [0, 0.05) is 18.5 Å². The second kappa shape index (κ2) is 11.5. The summed E-state index contributed by atoms with van der Waals surface area (Å²) in [7, 11) is -3.11. The second-order valence-corrected chi connectivity index (χ2v) is 12.2. The molecule has 1 aliphatic carbocycles. The second-order valence-electron chi connectivity index (χ2n) is 10.1. The van der Waals surface area contributed by atoms with Crippen LogP contribution >= 0.6 is 0 Å². The Balaban J connectivity index is 1.12. The zero-order valence-corrected chi connectivity index (χ0v) is 21.0. The first kappa shape index (κ1) is 24.3. The molecule has 1 saturated carbocycles. The van der Waals surface area contributed by atoms with E-state index in [1.165, 1.54) is 87.5 Å². The van der Waals surface area contributed by atoms with Crippen LogP contribution in [0, 0.1) is 5.92 Å². The number of hydrogen-bond acceptors (Lipinski definition) is 4. The monoisotopic (exact) mass is 468 g/mol. The molecule has 0 unspecified atom stereocenters. The summed E-state index contributed by atoms with van der Waals surface area (Å²) in [6.45, 7) is 4.52. The molecule has 2 aromatic rings. The highest BCUT2D eigenvalue weighted by Crippen LogP contribution is 2.33. The van der Waals surface area contributed by atoms with E-state index < -0.39 is 9.84 Å². The van der Waals surface area contributed by atoms with Gasteiger partial charge < -0.3 is 10.2 Å². The van der Waals surface area contributed by atoms with E-state index >= 15 is 0 Å². The highest BCUT2D eigenvalue weighted by atomic mass is 32.2. The van der Waals surface area contributed by atoms with E-state index in [0.29, 0.717) is 10.8 Å². The van der Waals surface area contributed by atoms with Crippen LogP contribution < -0.4 is 5.32 Å². The van der Waals surface area contributed by atoms with Gasteiger partial charge in [0.05, 0.1) is 4.90 Å². The molecule has 2 fully saturated rings. The van der Waals surface area contributed by atoms with Gasteiger partial charge in [-0.05, 0) is 105 Å². The molecule has 33 heavy (non-hydrogen) atoms. The summed E-state index contributed by atoms with van der Waals surface area (Å²) in [6.07, 6.45) is 12.8. The van der Waals surface area contributed by atoms with Crippen LogP contribution in [0.15, 0.2) is 53.4 Å². The van der Waals surface area contributed by atoms with Crippen LogP contribution in [0.5, 0.6) is 0 Å². The molecular formula is C28H40N2O2S. The number of likely N-dealkylation sites (tertiary alicyclic amines) is 1. The van der Waals surface area contributed by atoms with Gasteiger partial charge in [-0.15, -0.1) is 0 Å². The van der Waals surface area contributed by atoms with Crippen LogP contribution in [-0.4, -0.2) is 45.8 Å².